The van der Waals surface area contributed by atoms with Gasteiger partial charge in [0, 0.05) is 0 Å². The van der Waals surface area contributed by atoms with Gasteiger partial charge < -0.3 is 5.32 Å². The number of aryl methyl sites for hydroxylation is 1. The van der Waals surface area contributed by atoms with E-state index in [0.29, 0.717) is 0 Å². The number of nitrogens with zero attached hydrogens (tertiary/aromatic N) is 2. The molecule has 1 unspecified atom stereocenters. The van der Waals surface area contributed by atoms with Crippen LogP contribution in [0.5, 0.6) is 0 Å². The number of benzene rings is 1. The van der Waals surface area contributed by atoms with Crippen molar-refractivity contribution in [2.75, 3.05) is 5.32 Å². The van der Waals surface area contributed by atoms with Crippen LogP contribution in [0.4, 0.5) is 9.52 Å². The Morgan fingerprint density at radius 2 is 1.94 bits per heavy atom. The van der Waals surface area contributed by atoms with E-state index in [-0.39, 0.29) is 11.9 Å². The van der Waals surface area contributed by atoms with Gasteiger partial charge in [-0.25, -0.2) is 4.39 Å². The Morgan fingerprint density at radius 3 is 2.50 bits per heavy atom. The van der Waals surface area contributed by atoms with Crippen LogP contribution in [0.3, 0.4) is 0 Å². The first-order valence-electron chi connectivity index (χ1n) is 6.07. The maximum absolute atomic E-state index is 12.9. The SMILES string of the molecule is CCc1nnc(NC(CC)c2ccc(F)cc2)s1. The van der Waals surface area contributed by atoms with Gasteiger partial charge in [-0.05, 0) is 30.5 Å². The monoisotopic (exact) mass is 265 g/mol. The number of rotatable bonds is 5. The number of hydrogen-bond acceptors (Lipinski definition) is 4. The van der Waals surface area contributed by atoms with E-state index in [2.05, 4.69) is 29.4 Å². The Balaban J connectivity index is 2.11. The van der Waals surface area contributed by atoms with Crippen molar-refractivity contribution in [1.29, 1.82) is 0 Å². The lowest BCUT2D eigenvalue weighted by Crippen LogP contribution is -2.09. The van der Waals surface area contributed by atoms with Crippen LogP contribution in [-0.2, 0) is 6.42 Å². The highest BCUT2D eigenvalue weighted by atomic mass is 32.1. The van der Waals surface area contributed by atoms with Crippen LogP contribution in [0.1, 0.15) is 36.9 Å². The fourth-order valence-corrected chi connectivity index (χ4v) is 2.45. The molecule has 1 heterocycles. The summed E-state index contributed by atoms with van der Waals surface area (Å²) in [7, 11) is 0. The van der Waals surface area contributed by atoms with Crippen molar-refractivity contribution in [3.63, 3.8) is 0 Å². The van der Waals surface area contributed by atoms with Crippen LogP contribution in [0.25, 0.3) is 0 Å². The lowest BCUT2D eigenvalue weighted by Gasteiger charge is -2.16. The zero-order valence-electron chi connectivity index (χ0n) is 10.5. The van der Waals surface area contributed by atoms with Gasteiger partial charge in [-0.1, -0.05) is 37.3 Å². The molecule has 2 rings (SSSR count). The number of hydrogen-bond donors (Lipinski definition) is 1. The number of nitrogens with one attached hydrogen (secondary N) is 1. The average molecular weight is 265 g/mol. The van der Waals surface area contributed by atoms with Crippen LogP contribution >= 0.6 is 11.3 Å². The first kappa shape index (κ1) is 13.0. The third-order valence-corrected chi connectivity index (χ3v) is 3.75. The molecule has 0 fully saturated rings. The van der Waals surface area contributed by atoms with Crippen molar-refractivity contribution in [3.8, 4) is 0 Å². The molecule has 1 aromatic heterocycles. The molecule has 0 saturated carbocycles. The Labute approximate surface area is 110 Å². The van der Waals surface area contributed by atoms with Crippen molar-refractivity contribution < 1.29 is 4.39 Å². The fraction of sp³-hybridized carbons (Fsp3) is 0.385. The van der Waals surface area contributed by atoms with Crippen molar-refractivity contribution >= 4 is 16.5 Å². The molecule has 0 radical (unpaired) electrons. The quantitative estimate of drug-likeness (QED) is 0.893. The molecule has 5 heteroatoms. The topological polar surface area (TPSA) is 37.8 Å². The van der Waals surface area contributed by atoms with Gasteiger partial charge in [-0.3, -0.25) is 0 Å². The zero-order valence-corrected chi connectivity index (χ0v) is 11.3. The normalized spacial score (nSPS) is 12.4. The summed E-state index contributed by atoms with van der Waals surface area (Å²) in [6.45, 7) is 4.14. The second-order valence-electron chi connectivity index (χ2n) is 4.01. The van der Waals surface area contributed by atoms with E-state index in [1.165, 1.54) is 12.1 Å². The molecule has 3 nitrogen and oxygen atoms in total. The van der Waals surface area contributed by atoms with Crippen molar-refractivity contribution in [1.82, 2.24) is 10.2 Å². The van der Waals surface area contributed by atoms with Crippen molar-refractivity contribution in [3.05, 3.63) is 40.7 Å². The Morgan fingerprint density at radius 1 is 1.22 bits per heavy atom. The van der Waals surface area contributed by atoms with Gasteiger partial charge in [0.1, 0.15) is 10.8 Å². The van der Waals surface area contributed by atoms with Crippen LogP contribution in [0.2, 0.25) is 0 Å². The van der Waals surface area contributed by atoms with Crippen molar-refractivity contribution in [2.24, 2.45) is 0 Å². The van der Waals surface area contributed by atoms with Crippen molar-refractivity contribution in [2.45, 2.75) is 32.7 Å². The molecule has 1 aromatic carbocycles. The molecule has 1 atom stereocenters. The lowest BCUT2D eigenvalue weighted by molar-refractivity contribution is 0.625. The highest BCUT2D eigenvalue weighted by molar-refractivity contribution is 7.15. The Hall–Kier alpha value is -1.49. The summed E-state index contributed by atoms with van der Waals surface area (Å²) in [4.78, 5) is 0. The number of halogens is 1. The van der Waals surface area contributed by atoms with E-state index < -0.39 is 0 Å². The molecule has 0 aliphatic rings. The Bertz CT molecular complexity index is 495. The predicted octanol–water partition coefficient (Wildman–Crippen LogP) is 3.80. The van der Waals surface area contributed by atoms with Gasteiger partial charge in [0.25, 0.3) is 0 Å². The molecular weight excluding hydrogens is 249 g/mol. The minimum atomic E-state index is -0.210. The standard InChI is InChI=1S/C13H16FN3S/c1-3-11(9-5-7-10(14)8-6-9)15-13-17-16-12(4-2)18-13/h5-8,11H,3-4H2,1-2H3,(H,15,17). The maximum Gasteiger partial charge on any atom is 0.206 e. The highest BCUT2D eigenvalue weighted by Gasteiger charge is 2.11. The second kappa shape index (κ2) is 5.91. The van der Waals surface area contributed by atoms with E-state index >= 15 is 0 Å². The van der Waals surface area contributed by atoms with Gasteiger partial charge in [-0.2, -0.15) is 0 Å². The molecule has 0 aliphatic carbocycles. The summed E-state index contributed by atoms with van der Waals surface area (Å²) in [5.74, 6) is -0.210. The molecule has 0 spiro atoms. The number of anilines is 1. The molecule has 1 N–H and O–H groups in total. The zero-order chi connectivity index (χ0) is 13.0. The molecule has 0 bridgehead atoms. The minimum Gasteiger partial charge on any atom is -0.353 e. The van der Waals surface area contributed by atoms with E-state index in [1.807, 2.05) is 0 Å². The summed E-state index contributed by atoms with van der Waals surface area (Å²) < 4.78 is 12.9. The summed E-state index contributed by atoms with van der Waals surface area (Å²) in [5, 5.41) is 13.4. The summed E-state index contributed by atoms with van der Waals surface area (Å²) in [6.07, 6.45) is 1.80. The van der Waals surface area contributed by atoms with Crippen LogP contribution < -0.4 is 5.32 Å². The van der Waals surface area contributed by atoms with E-state index in [0.717, 1.165) is 28.5 Å². The fourth-order valence-electron chi connectivity index (χ4n) is 1.72. The summed E-state index contributed by atoms with van der Waals surface area (Å²) >= 11 is 1.57. The van der Waals surface area contributed by atoms with E-state index in [4.69, 9.17) is 0 Å². The molecule has 2 aromatic rings. The van der Waals surface area contributed by atoms with Gasteiger partial charge in [0.05, 0.1) is 6.04 Å². The van der Waals surface area contributed by atoms with Crippen LogP contribution in [-0.4, -0.2) is 10.2 Å². The first-order chi connectivity index (χ1) is 8.72. The molecule has 0 aliphatic heterocycles. The summed E-state index contributed by atoms with van der Waals surface area (Å²) in [5.41, 5.74) is 1.06. The summed E-state index contributed by atoms with van der Waals surface area (Å²) in [6, 6.07) is 6.72. The highest BCUT2D eigenvalue weighted by Crippen LogP contribution is 2.25. The minimum absolute atomic E-state index is 0.142. The van der Waals surface area contributed by atoms with Crippen LogP contribution in [0, 0.1) is 5.82 Å². The van der Waals surface area contributed by atoms with Gasteiger partial charge in [0.15, 0.2) is 0 Å². The molecule has 18 heavy (non-hydrogen) atoms. The smallest absolute Gasteiger partial charge is 0.206 e. The predicted molar refractivity (Wildman–Crippen MR) is 72.3 cm³/mol. The van der Waals surface area contributed by atoms with E-state index in [9.17, 15) is 4.39 Å². The maximum atomic E-state index is 12.9. The Kier molecular flexibility index (Phi) is 4.25. The first-order valence-corrected chi connectivity index (χ1v) is 6.89. The third-order valence-electron chi connectivity index (χ3n) is 2.75. The number of aromatic nitrogens is 2. The lowest BCUT2D eigenvalue weighted by atomic mass is 10.1. The molecule has 0 amide bonds. The average Bonchev–Trinajstić information content (AvgIpc) is 2.85. The molecule has 96 valence electrons. The molecular formula is C13H16FN3S. The largest absolute Gasteiger partial charge is 0.353 e. The third kappa shape index (κ3) is 3.04. The van der Waals surface area contributed by atoms with Gasteiger partial charge in [0.2, 0.25) is 5.13 Å². The van der Waals surface area contributed by atoms with E-state index in [1.54, 1.807) is 23.5 Å². The second-order valence-corrected chi connectivity index (χ2v) is 5.07. The van der Waals surface area contributed by atoms with Gasteiger partial charge in [-0.15, -0.1) is 10.2 Å². The van der Waals surface area contributed by atoms with Gasteiger partial charge >= 0.3 is 0 Å². The van der Waals surface area contributed by atoms with Crippen LogP contribution in [0.15, 0.2) is 24.3 Å². The molecule has 0 saturated heterocycles.